The maximum atomic E-state index is 12.1. The van der Waals surface area contributed by atoms with Crippen molar-refractivity contribution in [2.45, 2.75) is 39.0 Å². The Kier molecular flexibility index (Phi) is 5.92. The van der Waals surface area contributed by atoms with E-state index in [2.05, 4.69) is 5.10 Å². The molecule has 1 amide bonds. The Labute approximate surface area is 151 Å². The molecule has 0 bridgehead atoms. The molecule has 0 radical (unpaired) electrons. The summed E-state index contributed by atoms with van der Waals surface area (Å²) in [5.41, 5.74) is 0.545. The lowest BCUT2D eigenvalue weighted by Crippen LogP contribution is -2.37. The van der Waals surface area contributed by atoms with Crippen LogP contribution in [-0.2, 0) is 11.3 Å². The van der Waals surface area contributed by atoms with Gasteiger partial charge in [-0.1, -0.05) is 11.6 Å². The van der Waals surface area contributed by atoms with Gasteiger partial charge in [0, 0.05) is 17.5 Å². The SMILES string of the molecule is CN(CC(O)c1c2cc(Cl)ccc2nn1CCO)C(=O)OC(C)(C)C. The highest BCUT2D eigenvalue weighted by atomic mass is 35.5. The fourth-order valence-electron chi connectivity index (χ4n) is 2.50. The first-order valence-electron chi connectivity index (χ1n) is 8.01. The van der Waals surface area contributed by atoms with E-state index in [0.717, 1.165) is 0 Å². The molecular formula is C17H24ClN3O4. The molecule has 0 aliphatic rings. The summed E-state index contributed by atoms with van der Waals surface area (Å²) < 4.78 is 6.83. The number of aliphatic hydroxyl groups is 2. The zero-order valence-electron chi connectivity index (χ0n) is 14.9. The van der Waals surface area contributed by atoms with Crippen LogP contribution in [0.5, 0.6) is 0 Å². The largest absolute Gasteiger partial charge is 0.444 e. The van der Waals surface area contributed by atoms with Crippen molar-refractivity contribution < 1.29 is 19.7 Å². The molecule has 0 aliphatic carbocycles. The summed E-state index contributed by atoms with van der Waals surface area (Å²) in [6, 6.07) is 5.17. The summed E-state index contributed by atoms with van der Waals surface area (Å²) in [6.07, 6.45) is -1.53. The lowest BCUT2D eigenvalue weighted by Gasteiger charge is -2.26. The monoisotopic (exact) mass is 369 g/mol. The molecule has 0 aliphatic heterocycles. The number of likely N-dealkylation sites (N-methyl/N-ethyl adjacent to an activating group) is 1. The predicted molar refractivity (Wildman–Crippen MR) is 95.7 cm³/mol. The Morgan fingerprint density at radius 3 is 2.72 bits per heavy atom. The summed E-state index contributed by atoms with van der Waals surface area (Å²) in [6.45, 7) is 5.47. The lowest BCUT2D eigenvalue weighted by molar-refractivity contribution is 0.0197. The Bertz CT molecular complexity index is 754. The minimum Gasteiger partial charge on any atom is -0.444 e. The van der Waals surface area contributed by atoms with Crippen molar-refractivity contribution >= 4 is 28.6 Å². The molecule has 0 spiro atoms. The molecule has 8 heteroatoms. The van der Waals surface area contributed by atoms with E-state index in [-0.39, 0.29) is 19.7 Å². The van der Waals surface area contributed by atoms with Gasteiger partial charge in [-0.25, -0.2) is 4.79 Å². The van der Waals surface area contributed by atoms with E-state index < -0.39 is 17.8 Å². The third kappa shape index (κ3) is 4.84. The molecule has 2 rings (SSSR count). The molecule has 25 heavy (non-hydrogen) atoms. The van der Waals surface area contributed by atoms with Gasteiger partial charge in [0.1, 0.15) is 11.7 Å². The van der Waals surface area contributed by atoms with Gasteiger partial charge in [0.15, 0.2) is 0 Å². The molecule has 1 unspecified atom stereocenters. The highest BCUT2D eigenvalue weighted by molar-refractivity contribution is 6.31. The van der Waals surface area contributed by atoms with Crippen molar-refractivity contribution in [3.63, 3.8) is 0 Å². The summed E-state index contributed by atoms with van der Waals surface area (Å²) in [7, 11) is 1.55. The van der Waals surface area contributed by atoms with Crippen LogP contribution >= 0.6 is 11.6 Å². The zero-order valence-corrected chi connectivity index (χ0v) is 15.6. The number of aromatic nitrogens is 2. The average Bonchev–Trinajstić information content (AvgIpc) is 2.83. The van der Waals surface area contributed by atoms with Crippen LogP contribution in [-0.4, -0.2) is 56.8 Å². The van der Waals surface area contributed by atoms with E-state index in [1.165, 1.54) is 9.58 Å². The number of carbonyl (C=O) groups excluding carboxylic acids is 1. The zero-order chi connectivity index (χ0) is 18.8. The van der Waals surface area contributed by atoms with E-state index in [1.807, 2.05) is 0 Å². The van der Waals surface area contributed by atoms with Crippen molar-refractivity contribution in [2.24, 2.45) is 0 Å². The van der Waals surface area contributed by atoms with Crippen molar-refractivity contribution in [2.75, 3.05) is 20.2 Å². The number of ether oxygens (including phenoxy) is 1. The minimum atomic E-state index is -1.01. The van der Waals surface area contributed by atoms with Gasteiger partial charge < -0.3 is 19.8 Å². The number of aliphatic hydroxyl groups excluding tert-OH is 2. The highest BCUT2D eigenvalue weighted by Gasteiger charge is 2.25. The van der Waals surface area contributed by atoms with Crippen LogP contribution in [0.3, 0.4) is 0 Å². The lowest BCUT2D eigenvalue weighted by atomic mass is 10.1. The van der Waals surface area contributed by atoms with Crippen LogP contribution < -0.4 is 0 Å². The van der Waals surface area contributed by atoms with Gasteiger partial charge in [-0.05, 0) is 39.0 Å². The quantitative estimate of drug-likeness (QED) is 0.845. The van der Waals surface area contributed by atoms with Crippen molar-refractivity contribution in [1.29, 1.82) is 0 Å². The molecule has 1 aromatic carbocycles. The van der Waals surface area contributed by atoms with Crippen LogP contribution in [0.2, 0.25) is 5.02 Å². The predicted octanol–water partition coefficient (Wildman–Crippen LogP) is 2.58. The smallest absolute Gasteiger partial charge is 0.410 e. The standard InChI is InChI=1S/C17H24ClN3O4/c1-17(2,3)25-16(24)20(4)10-14(23)15-12-9-11(18)5-6-13(12)19-21(15)7-8-22/h5-6,9,14,22-23H,7-8,10H2,1-4H3. The fourth-order valence-corrected chi connectivity index (χ4v) is 2.67. The van der Waals surface area contributed by atoms with Gasteiger partial charge in [0.2, 0.25) is 0 Å². The first-order valence-corrected chi connectivity index (χ1v) is 8.39. The molecule has 138 valence electrons. The maximum Gasteiger partial charge on any atom is 0.410 e. The summed E-state index contributed by atoms with van der Waals surface area (Å²) >= 11 is 6.06. The average molecular weight is 370 g/mol. The fraction of sp³-hybridized carbons (Fsp3) is 0.529. The Morgan fingerprint density at radius 1 is 1.44 bits per heavy atom. The molecule has 7 nitrogen and oxygen atoms in total. The molecule has 2 aromatic rings. The van der Waals surface area contributed by atoms with Gasteiger partial charge >= 0.3 is 6.09 Å². The normalized spacial score (nSPS) is 13.1. The summed E-state index contributed by atoms with van der Waals surface area (Å²) in [4.78, 5) is 13.4. The maximum absolute atomic E-state index is 12.1. The van der Waals surface area contributed by atoms with Gasteiger partial charge in [-0.3, -0.25) is 4.68 Å². The molecular weight excluding hydrogens is 346 g/mol. The highest BCUT2D eigenvalue weighted by Crippen LogP contribution is 2.28. The molecule has 0 saturated carbocycles. The molecule has 1 aromatic heterocycles. The number of rotatable bonds is 5. The van der Waals surface area contributed by atoms with Gasteiger partial charge in [0.25, 0.3) is 0 Å². The molecule has 1 atom stereocenters. The van der Waals surface area contributed by atoms with Crippen LogP contribution in [0.15, 0.2) is 18.2 Å². The third-order valence-electron chi connectivity index (χ3n) is 3.52. The molecule has 2 N–H and O–H groups in total. The summed E-state index contributed by atoms with van der Waals surface area (Å²) in [5, 5.41) is 25.5. The van der Waals surface area contributed by atoms with E-state index in [1.54, 1.807) is 46.0 Å². The number of fused-ring (bicyclic) bond motifs is 1. The number of hydrogen-bond acceptors (Lipinski definition) is 5. The van der Waals surface area contributed by atoms with Crippen molar-refractivity contribution in [3.05, 3.63) is 28.9 Å². The second-order valence-corrected chi connectivity index (χ2v) is 7.31. The Balaban J connectivity index is 2.28. The first kappa shape index (κ1) is 19.5. The van der Waals surface area contributed by atoms with Crippen LogP contribution in [0, 0.1) is 0 Å². The van der Waals surface area contributed by atoms with Gasteiger partial charge in [0.05, 0.1) is 30.9 Å². The minimum absolute atomic E-state index is 0.0215. The number of nitrogens with zero attached hydrogens (tertiary/aromatic N) is 3. The number of benzene rings is 1. The number of hydrogen-bond donors (Lipinski definition) is 2. The van der Waals surface area contributed by atoms with Crippen LogP contribution in [0.4, 0.5) is 4.79 Å². The molecule has 0 saturated heterocycles. The van der Waals surface area contributed by atoms with E-state index in [9.17, 15) is 15.0 Å². The second-order valence-electron chi connectivity index (χ2n) is 6.87. The van der Waals surface area contributed by atoms with Crippen molar-refractivity contribution in [3.8, 4) is 0 Å². The van der Waals surface area contributed by atoms with Gasteiger partial charge in [-0.2, -0.15) is 5.10 Å². The van der Waals surface area contributed by atoms with Crippen molar-refractivity contribution in [1.82, 2.24) is 14.7 Å². The third-order valence-corrected chi connectivity index (χ3v) is 3.76. The van der Waals surface area contributed by atoms with Crippen LogP contribution in [0.1, 0.15) is 32.6 Å². The molecule has 1 heterocycles. The van der Waals surface area contributed by atoms with E-state index in [4.69, 9.17) is 16.3 Å². The first-order chi connectivity index (χ1) is 11.6. The molecule has 0 fully saturated rings. The Hall–Kier alpha value is -1.83. The number of halogens is 1. The topological polar surface area (TPSA) is 87.8 Å². The number of amides is 1. The van der Waals surface area contributed by atoms with Crippen LogP contribution in [0.25, 0.3) is 10.9 Å². The Morgan fingerprint density at radius 2 is 2.12 bits per heavy atom. The second kappa shape index (κ2) is 7.59. The van der Waals surface area contributed by atoms with E-state index in [0.29, 0.717) is 21.6 Å². The number of carbonyl (C=O) groups is 1. The van der Waals surface area contributed by atoms with E-state index >= 15 is 0 Å². The van der Waals surface area contributed by atoms with Gasteiger partial charge in [-0.15, -0.1) is 0 Å². The summed E-state index contributed by atoms with van der Waals surface area (Å²) in [5.74, 6) is 0.